The number of allylic oxidation sites excluding steroid dienone is 7. The second kappa shape index (κ2) is 17.7. The molecule has 24 heavy (non-hydrogen) atoms. The van der Waals surface area contributed by atoms with Crippen molar-refractivity contribution in [2.75, 3.05) is 0 Å². The van der Waals surface area contributed by atoms with Crippen LogP contribution in [0.5, 0.6) is 0 Å². The van der Waals surface area contributed by atoms with Crippen LogP contribution in [0.2, 0.25) is 0 Å². The monoisotopic (exact) mass is 336 g/mol. The van der Waals surface area contributed by atoms with Gasteiger partial charge < -0.3 is 15.3 Å². The number of hydrogen-bond acceptors (Lipinski definition) is 3. The van der Waals surface area contributed by atoms with Crippen molar-refractivity contribution in [1.82, 2.24) is 0 Å². The molecule has 4 heteroatoms. The third-order valence-corrected chi connectivity index (χ3v) is 3.51. The highest BCUT2D eigenvalue weighted by molar-refractivity contribution is 5.80. The molecule has 0 aliphatic carbocycles. The van der Waals surface area contributed by atoms with Gasteiger partial charge in [-0.25, -0.2) is 4.79 Å². The molecule has 0 saturated carbocycles. The lowest BCUT2D eigenvalue weighted by atomic mass is 10.1. The van der Waals surface area contributed by atoms with Crippen LogP contribution in [0.4, 0.5) is 0 Å². The van der Waals surface area contributed by atoms with Gasteiger partial charge in [-0.1, -0.05) is 81.1 Å². The Hall–Kier alpha value is -1.65. The highest BCUT2D eigenvalue weighted by Gasteiger charge is 1.96. The second-order valence-corrected chi connectivity index (χ2v) is 5.78. The summed E-state index contributed by atoms with van der Waals surface area (Å²) in [5.41, 5.74) is 0. The van der Waals surface area contributed by atoms with Gasteiger partial charge in [-0.3, -0.25) is 0 Å². The Labute approximate surface area is 145 Å². The van der Waals surface area contributed by atoms with E-state index < -0.39 is 12.3 Å². The molecule has 0 aromatic rings. The SMILES string of the molecule is O=C(O)/C=C/C=C/C=C/C=C/CCCCCCCCCCC(O)O. The minimum atomic E-state index is -1.14. The van der Waals surface area contributed by atoms with Crippen molar-refractivity contribution in [3.63, 3.8) is 0 Å². The summed E-state index contributed by atoms with van der Waals surface area (Å²) >= 11 is 0. The Kier molecular flexibility index (Phi) is 16.5. The standard InChI is InChI=1S/C20H32O4/c21-19(22)17-15-13-11-9-7-5-3-1-2-4-6-8-10-12-14-16-18-20(23)24/h3,5,7,9,11,13,15,17,20,23-24H,1-2,4,6,8,10,12,14,16,18H2,(H,21,22)/b5-3+,9-7+,13-11+,17-15+. The van der Waals surface area contributed by atoms with E-state index in [-0.39, 0.29) is 0 Å². The molecule has 0 aliphatic heterocycles. The average Bonchev–Trinajstić information content (AvgIpc) is 2.53. The zero-order chi connectivity index (χ0) is 17.9. The number of rotatable bonds is 15. The third-order valence-electron chi connectivity index (χ3n) is 3.51. The first-order valence-corrected chi connectivity index (χ1v) is 8.88. The minimum absolute atomic E-state index is 0.496. The molecule has 0 aromatic carbocycles. The number of hydrogen-bond donors (Lipinski definition) is 3. The molecule has 0 saturated heterocycles. The predicted octanol–water partition coefficient (Wildman–Crippen LogP) is 4.51. The molecular weight excluding hydrogens is 304 g/mol. The van der Waals surface area contributed by atoms with Crippen LogP contribution in [0.1, 0.15) is 64.2 Å². The van der Waals surface area contributed by atoms with Crippen molar-refractivity contribution >= 4 is 5.97 Å². The number of unbranched alkanes of at least 4 members (excludes halogenated alkanes) is 8. The van der Waals surface area contributed by atoms with Crippen LogP contribution in [-0.2, 0) is 4.79 Å². The summed E-state index contributed by atoms with van der Waals surface area (Å²) in [6.07, 6.45) is 23.9. The van der Waals surface area contributed by atoms with E-state index in [9.17, 15) is 4.79 Å². The zero-order valence-electron chi connectivity index (χ0n) is 14.5. The molecule has 4 nitrogen and oxygen atoms in total. The number of aliphatic hydroxyl groups excluding tert-OH is 1. The van der Waals surface area contributed by atoms with E-state index in [4.69, 9.17) is 15.3 Å². The summed E-state index contributed by atoms with van der Waals surface area (Å²) in [6, 6.07) is 0. The topological polar surface area (TPSA) is 77.8 Å². The molecule has 0 aromatic heterocycles. The second-order valence-electron chi connectivity index (χ2n) is 5.78. The number of carbonyl (C=O) groups is 1. The normalized spacial score (nSPS) is 12.6. The summed E-state index contributed by atoms with van der Waals surface area (Å²) in [5, 5.41) is 25.8. The summed E-state index contributed by atoms with van der Waals surface area (Å²) < 4.78 is 0. The molecule has 0 rings (SSSR count). The van der Waals surface area contributed by atoms with Crippen LogP contribution in [0.15, 0.2) is 48.6 Å². The fourth-order valence-electron chi connectivity index (χ4n) is 2.22. The van der Waals surface area contributed by atoms with Crippen molar-refractivity contribution < 1.29 is 20.1 Å². The van der Waals surface area contributed by atoms with Crippen LogP contribution in [0.3, 0.4) is 0 Å². The number of carboxylic acid groups (broad SMARTS) is 1. The van der Waals surface area contributed by atoms with Gasteiger partial charge in [0.1, 0.15) is 0 Å². The maximum atomic E-state index is 10.2. The Bertz CT molecular complexity index is 406. The van der Waals surface area contributed by atoms with E-state index in [2.05, 4.69) is 6.08 Å². The third kappa shape index (κ3) is 20.3. The van der Waals surface area contributed by atoms with Gasteiger partial charge in [-0.2, -0.15) is 0 Å². The van der Waals surface area contributed by atoms with E-state index in [0.29, 0.717) is 6.42 Å². The van der Waals surface area contributed by atoms with Crippen LogP contribution < -0.4 is 0 Å². The fourth-order valence-corrected chi connectivity index (χ4v) is 2.22. The lowest BCUT2D eigenvalue weighted by Gasteiger charge is -2.03. The number of aliphatic carboxylic acids is 1. The van der Waals surface area contributed by atoms with Gasteiger partial charge in [0.25, 0.3) is 0 Å². The van der Waals surface area contributed by atoms with Crippen molar-refractivity contribution in [2.45, 2.75) is 70.5 Å². The van der Waals surface area contributed by atoms with Gasteiger partial charge in [0.05, 0.1) is 0 Å². The van der Waals surface area contributed by atoms with Crippen molar-refractivity contribution in [3.8, 4) is 0 Å². The van der Waals surface area contributed by atoms with Gasteiger partial charge >= 0.3 is 5.97 Å². The van der Waals surface area contributed by atoms with Crippen LogP contribution >= 0.6 is 0 Å². The molecule has 0 bridgehead atoms. The largest absolute Gasteiger partial charge is 0.478 e. The molecule has 0 spiro atoms. The smallest absolute Gasteiger partial charge is 0.328 e. The molecule has 0 atom stereocenters. The quantitative estimate of drug-likeness (QED) is 0.178. The van der Waals surface area contributed by atoms with Crippen molar-refractivity contribution in [1.29, 1.82) is 0 Å². The zero-order valence-corrected chi connectivity index (χ0v) is 14.5. The van der Waals surface area contributed by atoms with E-state index >= 15 is 0 Å². The molecule has 0 aliphatic rings. The fraction of sp³-hybridized carbons (Fsp3) is 0.550. The molecule has 0 unspecified atom stereocenters. The lowest BCUT2D eigenvalue weighted by Crippen LogP contribution is -2.02. The molecule has 136 valence electrons. The summed E-state index contributed by atoms with van der Waals surface area (Å²) in [5.74, 6) is -0.940. The average molecular weight is 336 g/mol. The highest BCUT2D eigenvalue weighted by Crippen LogP contribution is 2.11. The predicted molar refractivity (Wildman–Crippen MR) is 98.6 cm³/mol. The van der Waals surface area contributed by atoms with Crippen LogP contribution in [0.25, 0.3) is 0 Å². The summed E-state index contributed by atoms with van der Waals surface area (Å²) in [4.78, 5) is 10.2. The number of carboxylic acids is 1. The minimum Gasteiger partial charge on any atom is -0.478 e. The Balaban J connectivity index is 3.33. The maximum Gasteiger partial charge on any atom is 0.328 e. The summed E-state index contributed by atoms with van der Waals surface area (Å²) in [6.45, 7) is 0. The highest BCUT2D eigenvalue weighted by atomic mass is 16.5. The summed E-state index contributed by atoms with van der Waals surface area (Å²) in [7, 11) is 0. The van der Waals surface area contributed by atoms with Crippen molar-refractivity contribution in [3.05, 3.63) is 48.6 Å². The van der Waals surface area contributed by atoms with E-state index in [1.165, 1.54) is 44.6 Å². The van der Waals surface area contributed by atoms with Gasteiger partial charge in [0.15, 0.2) is 6.29 Å². The number of aliphatic hydroxyl groups is 2. The van der Waals surface area contributed by atoms with E-state index in [1.54, 1.807) is 12.2 Å². The van der Waals surface area contributed by atoms with Gasteiger partial charge in [0.2, 0.25) is 0 Å². The first kappa shape index (κ1) is 22.4. The van der Waals surface area contributed by atoms with Gasteiger partial charge in [-0.05, 0) is 25.7 Å². The molecule has 0 fully saturated rings. The van der Waals surface area contributed by atoms with Gasteiger partial charge in [0, 0.05) is 6.08 Å². The van der Waals surface area contributed by atoms with Gasteiger partial charge in [-0.15, -0.1) is 0 Å². The van der Waals surface area contributed by atoms with Crippen LogP contribution in [0, 0.1) is 0 Å². The molecule has 0 radical (unpaired) electrons. The van der Waals surface area contributed by atoms with Crippen molar-refractivity contribution in [2.24, 2.45) is 0 Å². The first-order valence-electron chi connectivity index (χ1n) is 8.88. The Morgan fingerprint density at radius 2 is 1.21 bits per heavy atom. The molecule has 0 heterocycles. The maximum absolute atomic E-state index is 10.2. The Morgan fingerprint density at radius 3 is 1.79 bits per heavy atom. The van der Waals surface area contributed by atoms with E-state index in [1.807, 2.05) is 18.2 Å². The first-order chi connectivity index (χ1) is 11.6. The lowest BCUT2D eigenvalue weighted by molar-refractivity contribution is -0.131. The Morgan fingerprint density at radius 1 is 0.708 bits per heavy atom. The molecule has 0 amide bonds. The molecular formula is C20H32O4. The van der Waals surface area contributed by atoms with E-state index in [0.717, 1.165) is 25.3 Å². The van der Waals surface area contributed by atoms with Crippen LogP contribution in [-0.4, -0.2) is 27.6 Å². The molecule has 3 N–H and O–H groups in total.